The Labute approximate surface area is 141 Å². The van der Waals surface area contributed by atoms with E-state index in [-0.39, 0.29) is 11.8 Å². The third kappa shape index (κ3) is 5.83. The number of urea groups is 1. The lowest BCUT2D eigenvalue weighted by Gasteiger charge is -2.20. The molecule has 1 rings (SSSR count). The number of unbranched alkanes of at least 4 members (excludes halogenated alkanes) is 1. The van der Waals surface area contributed by atoms with Crippen molar-refractivity contribution in [3.63, 3.8) is 0 Å². The molecule has 0 unspecified atom stereocenters. The van der Waals surface area contributed by atoms with Gasteiger partial charge >= 0.3 is 6.03 Å². The molecule has 130 valence electrons. The average molecular weight is 343 g/mol. The van der Waals surface area contributed by atoms with Crippen molar-refractivity contribution in [3.05, 3.63) is 5.82 Å². The second-order valence-electron chi connectivity index (χ2n) is 5.59. The summed E-state index contributed by atoms with van der Waals surface area (Å²) >= 11 is 1.27. The minimum atomic E-state index is -0.842. The number of quaternary nitrogens is 1. The third-order valence-corrected chi connectivity index (χ3v) is 4.46. The molecule has 3 amide bonds. The number of imide groups is 1. The number of nitrogens with zero attached hydrogens (tertiary/aromatic N) is 3. The molecule has 1 heterocycles. The number of nitrogens with two attached hydrogens (primary N) is 1. The highest BCUT2D eigenvalue weighted by Gasteiger charge is 2.24. The predicted octanol–water partition coefficient (Wildman–Crippen LogP) is -0.0392. The van der Waals surface area contributed by atoms with E-state index >= 15 is 0 Å². The first-order valence-electron chi connectivity index (χ1n) is 7.85. The molecule has 0 spiro atoms. The number of amides is 3. The zero-order chi connectivity index (χ0) is 17.4. The van der Waals surface area contributed by atoms with Gasteiger partial charge in [-0.05, 0) is 6.42 Å². The number of carbonyl (C=O) groups excluding carboxylic acids is 2. The number of hydrogen-bond donors (Lipinski definition) is 3. The van der Waals surface area contributed by atoms with E-state index in [4.69, 9.17) is 5.73 Å². The average Bonchev–Trinajstić information content (AvgIpc) is 2.85. The topological polar surface area (TPSA) is 107 Å². The number of nitrogens with one attached hydrogen (secondary N) is 2. The molecule has 0 bridgehead atoms. The van der Waals surface area contributed by atoms with Crippen LogP contribution in [0.1, 0.15) is 45.0 Å². The first-order chi connectivity index (χ1) is 10.9. The summed E-state index contributed by atoms with van der Waals surface area (Å²) in [5.41, 5.74) is 4.94. The molecule has 0 fully saturated rings. The molecular weight excluding hydrogens is 316 g/mol. The lowest BCUT2D eigenvalue weighted by Crippen LogP contribution is -3.06. The van der Waals surface area contributed by atoms with Crippen LogP contribution in [0, 0.1) is 0 Å². The van der Waals surface area contributed by atoms with Crippen molar-refractivity contribution in [1.82, 2.24) is 20.1 Å². The van der Waals surface area contributed by atoms with Crippen LogP contribution in [-0.4, -0.2) is 46.6 Å². The Morgan fingerprint density at radius 2 is 2.04 bits per heavy atom. The van der Waals surface area contributed by atoms with Gasteiger partial charge in [0.15, 0.2) is 11.0 Å². The fourth-order valence-electron chi connectivity index (χ4n) is 2.34. The van der Waals surface area contributed by atoms with E-state index in [0.717, 1.165) is 31.6 Å². The third-order valence-electron chi connectivity index (χ3n) is 3.49. The Kier molecular flexibility index (Phi) is 8.04. The molecule has 8 nitrogen and oxygen atoms in total. The number of hydrogen-bond acceptors (Lipinski definition) is 5. The molecule has 0 aromatic carbocycles. The summed E-state index contributed by atoms with van der Waals surface area (Å²) < 4.78 is 2.09. The van der Waals surface area contributed by atoms with Crippen LogP contribution in [0.25, 0.3) is 0 Å². The maximum atomic E-state index is 11.6. The maximum absolute atomic E-state index is 11.6. The summed E-state index contributed by atoms with van der Waals surface area (Å²) in [7, 11) is 4.19. The second kappa shape index (κ2) is 9.51. The van der Waals surface area contributed by atoms with Gasteiger partial charge in [0.1, 0.15) is 6.04 Å². The van der Waals surface area contributed by atoms with Gasteiger partial charge in [0.2, 0.25) is 5.91 Å². The highest BCUT2D eigenvalue weighted by atomic mass is 32.2. The summed E-state index contributed by atoms with van der Waals surface area (Å²) in [4.78, 5) is 23.5. The minimum Gasteiger partial charge on any atom is -0.351 e. The predicted molar refractivity (Wildman–Crippen MR) is 89.2 cm³/mol. The van der Waals surface area contributed by atoms with Gasteiger partial charge in [-0.15, -0.1) is 10.2 Å². The zero-order valence-corrected chi connectivity index (χ0v) is 15.1. The number of aromatic nitrogens is 3. The lowest BCUT2D eigenvalue weighted by atomic mass is 10.2. The normalized spacial score (nSPS) is 12.4. The molecule has 0 aliphatic heterocycles. The van der Waals surface area contributed by atoms with Gasteiger partial charge in [-0.1, -0.05) is 32.0 Å². The van der Waals surface area contributed by atoms with Crippen LogP contribution in [0.3, 0.4) is 0 Å². The molecule has 0 aliphatic carbocycles. The molecule has 0 radical (unpaired) electrons. The quantitative estimate of drug-likeness (QED) is 0.545. The molecule has 0 saturated heterocycles. The molecular formula is C14H27N6O2S+. The van der Waals surface area contributed by atoms with E-state index < -0.39 is 11.9 Å². The Morgan fingerprint density at radius 1 is 1.35 bits per heavy atom. The van der Waals surface area contributed by atoms with Crippen molar-refractivity contribution in [2.24, 2.45) is 5.73 Å². The Bertz CT molecular complexity index is 531. The molecule has 9 heteroatoms. The van der Waals surface area contributed by atoms with Gasteiger partial charge in [0.25, 0.3) is 0 Å². The van der Waals surface area contributed by atoms with Crippen molar-refractivity contribution in [2.75, 3.05) is 19.8 Å². The van der Waals surface area contributed by atoms with E-state index in [1.165, 1.54) is 16.7 Å². The summed E-state index contributed by atoms with van der Waals surface area (Å²) in [6.45, 7) is 5.08. The maximum Gasteiger partial charge on any atom is 0.318 e. The van der Waals surface area contributed by atoms with Crippen LogP contribution in [0.2, 0.25) is 0 Å². The van der Waals surface area contributed by atoms with Crippen molar-refractivity contribution in [3.8, 4) is 0 Å². The summed E-state index contributed by atoms with van der Waals surface area (Å²) in [6, 6.07) is -0.584. The largest absolute Gasteiger partial charge is 0.351 e. The van der Waals surface area contributed by atoms with E-state index in [1.807, 2.05) is 0 Å². The van der Waals surface area contributed by atoms with Crippen LogP contribution < -0.4 is 16.0 Å². The number of rotatable bonds is 9. The molecule has 23 heavy (non-hydrogen) atoms. The minimum absolute atomic E-state index is 0.0822. The van der Waals surface area contributed by atoms with Gasteiger partial charge in [0.05, 0.1) is 19.8 Å². The summed E-state index contributed by atoms with van der Waals surface area (Å²) in [5, 5.41) is 11.3. The summed E-state index contributed by atoms with van der Waals surface area (Å²) in [6.07, 6.45) is 3.04. The first kappa shape index (κ1) is 19.4. The second-order valence-corrected chi connectivity index (χ2v) is 6.53. The SMILES string of the molecule is CCCCn1c(SCC(=O)NC(N)=O)nnc1[C@H](CC)[NH+](C)C. The standard InChI is InChI=1S/C14H26N6O2S/c1-5-7-8-20-12(10(6-2)19(3)4)17-18-14(20)23-9-11(21)16-13(15)22/h10H,5-9H2,1-4H3,(H3,15,16,21,22)/p+1/t10-/m0/s1. The molecule has 0 saturated carbocycles. The zero-order valence-electron chi connectivity index (χ0n) is 14.3. The van der Waals surface area contributed by atoms with Gasteiger partial charge in [-0.3, -0.25) is 10.1 Å². The van der Waals surface area contributed by atoms with Gasteiger partial charge in [0, 0.05) is 13.0 Å². The first-order valence-corrected chi connectivity index (χ1v) is 8.84. The van der Waals surface area contributed by atoms with Crippen LogP contribution in [0.5, 0.6) is 0 Å². The van der Waals surface area contributed by atoms with Crippen LogP contribution in [0.15, 0.2) is 5.16 Å². The molecule has 0 aliphatic rings. The highest BCUT2D eigenvalue weighted by Crippen LogP contribution is 2.21. The van der Waals surface area contributed by atoms with Crippen LogP contribution in [-0.2, 0) is 11.3 Å². The molecule has 1 aromatic heterocycles. The van der Waals surface area contributed by atoms with Crippen LogP contribution in [0.4, 0.5) is 4.79 Å². The Balaban J connectivity index is 2.91. The van der Waals surface area contributed by atoms with E-state index in [1.54, 1.807) is 0 Å². The fraction of sp³-hybridized carbons (Fsp3) is 0.714. The van der Waals surface area contributed by atoms with E-state index in [0.29, 0.717) is 5.16 Å². The van der Waals surface area contributed by atoms with Gasteiger partial charge < -0.3 is 15.2 Å². The number of primary amides is 1. The summed E-state index contributed by atoms with van der Waals surface area (Å²) in [5.74, 6) is 0.594. The van der Waals surface area contributed by atoms with Crippen molar-refractivity contribution < 1.29 is 14.5 Å². The Morgan fingerprint density at radius 3 is 2.57 bits per heavy atom. The Hall–Kier alpha value is -1.61. The molecule has 1 atom stereocenters. The lowest BCUT2D eigenvalue weighted by molar-refractivity contribution is -0.893. The van der Waals surface area contributed by atoms with Gasteiger partial charge in [-0.25, -0.2) is 4.79 Å². The van der Waals surface area contributed by atoms with Gasteiger partial charge in [-0.2, -0.15) is 0 Å². The molecule has 4 N–H and O–H groups in total. The molecule has 1 aromatic rings. The van der Waals surface area contributed by atoms with Crippen molar-refractivity contribution in [1.29, 1.82) is 0 Å². The fourth-order valence-corrected chi connectivity index (χ4v) is 3.12. The number of carbonyl (C=O) groups is 2. The van der Waals surface area contributed by atoms with E-state index in [9.17, 15) is 9.59 Å². The highest BCUT2D eigenvalue weighted by molar-refractivity contribution is 7.99. The monoisotopic (exact) mass is 343 g/mol. The number of thioether (sulfide) groups is 1. The van der Waals surface area contributed by atoms with Crippen LogP contribution >= 0.6 is 11.8 Å². The van der Waals surface area contributed by atoms with Crippen molar-refractivity contribution >= 4 is 23.7 Å². The van der Waals surface area contributed by atoms with Crippen molar-refractivity contribution in [2.45, 2.75) is 50.9 Å². The van der Waals surface area contributed by atoms with E-state index in [2.05, 4.69) is 48.0 Å². The smallest absolute Gasteiger partial charge is 0.318 e.